The molecule has 1 heterocycles. The Bertz CT molecular complexity index is 608. The van der Waals surface area contributed by atoms with E-state index in [0.717, 1.165) is 30.3 Å². The summed E-state index contributed by atoms with van der Waals surface area (Å²) >= 11 is 1.12. The Morgan fingerprint density at radius 3 is 2.81 bits per heavy atom. The molecule has 1 amide bonds. The third-order valence-electron chi connectivity index (χ3n) is 3.16. The van der Waals surface area contributed by atoms with Gasteiger partial charge in [-0.25, -0.2) is 8.42 Å². The predicted octanol–water partition coefficient (Wildman–Crippen LogP) is 2.53. The third kappa shape index (κ3) is 5.25. The summed E-state index contributed by atoms with van der Waals surface area (Å²) in [5.41, 5.74) is 0. The summed E-state index contributed by atoms with van der Waals surface area (Å²) in [5, 5.41) is 2.75. The van der Waals surface area contributed by atoms with E-state index in [1.807, 2.05) is 0 Å². The van der Waals surface area contributed by atoms with E-state index in [4.69, 9.17) is 15.4 Å². The van der Waals surface area contributed by atoms with Gasteiger partial charge in [-0.3, -0.25) is 4.79 Å². The Morgan fingerprint density at radius 2 is 2.24 bits per heavy atom. The second-order valence-electron chi connectivity index (χ2n) is 5.10. The van der Waals surface area contributed by atoms with Gasteiger partial charge in [0.1, 0.15) is 0 Å². The minimum absolute atomic E-state index is 0.00656. The van der Waals surface area contributed by atoms with Crippen molar-refractivity contribution in [2.24, 2.45) is 5.92 Å². The maximum Gasteiger partial charge on any atom is 0.262 e. The molecule has 1 aliphatic carbocycles. The summed E-state index contributed by atoms with van der Waals surface area (Å²) in [7, 11) is 1.51. The average Bonchev–Trinajstić information content (AvgIpc) is 3.12. The van der Waals surface area contributed by atoms with E-state index >= 15 is 0 Å². The maximum absolute atomic E-state index is 11.9. The molecule has 1 aliphatic rings. The summed E-state index contributed by atoms with van der Waals surface area (Å²) in [4.78, 5) is 12.8. The van der Waals surface area contributed by atoms with Gasteiger partial charge in [0.2, 0.25) is 0 Å². The zero-order chi connectivity index (χ0) is 15.5. The van der Waals surface area contributed by atoms with E-state index in [2.05, 4.69) is 5.32 Å². The van der Waals surface area contributed by atoms with E-state index in [9.17, 15) is 13.2 Å². The number of amides is 1. The number of carbonyl (C=O) groups excluding carboxylic acids is 1. The van der Waals surface area contributed by atoms with Crippen LogP contribution in [0.1, 0.15) is 33.8 Å². The summed E-state index contributed by atoms with van der Waals surface area (Å²) < 4.78 is 28.1. The second-order valence-corrected chi connectivity index (χ2v) is 8.89. The van der Waals surface area contributed by atoms with Gasteiger partial charge < -0.3 is 10.1 Å². The average molecular weight is 352 g/mol. The van der Waals surface area contributed by atoms with Gasteiger partial charge in [0.15, 0.2) is 0 Å². The normalized spacial score (nSPS) is 15.1. The number of halogens is 1. The fourth-order valence-electron chi connectivity index (χ4n) is 1.82. The summed E-state index contributed by atoms with van der Waals surface area (Å²) in [6.45, 7) is 3.57. The van der Waals surface area contributed by atoms with Crippen molar-refractivity contribution in [3.8, 4) is 0 Å². The molecule has 1 saturated carbocycles. The molecule has 0 saturated heterocycles. The highest BCUT2D eigenvalue weighted by Crippen LogP contribution is 2.29. The first-order valence-electron chi connectivity index (χ1n) is 6.79. The zero-order valence-corrected chi connectivity index (χ0v) is 14.1. The van der Waals surface area contributed by atoms with Crippen molar-refractivity contribution in [1.82, 2.24) is 5.32 Å². The Labute approximate surface area is 133 Å². The van der Waals surface area contributed by atoms with Crippen LogP contribution in [0.25, 0.3) is 0 Å². The number of ether oxygens (including phenoxy) is 1. The molecule has 0 spiro atoms. The molecule has 118 valence electrons. The lowest BCUT2D eigenvalue weighted by atomic mass is 10.4. The zero-order valence-electron chi connectivity index (χ0n) is 11.7. The van der Waals surface area contributed by atoms with Gasteiger partial charge in [-0.2, -0.15) is 0 Å². The lowest BCUT2D eigenvalue weighted by Crippen LogP contribution is -2.24. The summed E-state index contributed by atoms with van der Waals surface area (Å²) in [6, 6.07) is 1.32. The lowest BCUT2D eigenvalue weighted by molar-refractivity contribution is 0.0941. The molecular formula is C13H18ClNO4S2. The number of aryl methyl sites for hydroxylation is 1. The Balaban J connectivity index is 1.75. The molecule has 0 unspecified atom stereocenters. The quantitative estimate of drug-likeness (QED) is 0.577. The van der Waals surface area contributed by atoms with Crippen LogP contribution in [0.3, 0.4) is 0 Å². The first kappa shape index (κ1) is 16.7. The van der Waals surface area contributed by atoms with E-state index < -0.39 is 9.05 Å². The number of hydrogen-bond acceptors (Lipinski definition) is 5. The van der Waals surface area contributed by atoms with Crippen molar-refractivity contribution < 1.29 is 17.9 Å². The first-order valence-corrected chi connectivity index (χ1v) is 9.91. The third-order valence-corrected chi connectivity index (χ3v) is 5.79. The predicted molar refractivity (Wildman–Crippen MR) is 82.6 cm³/mol. The van der Waals surface area contributed by atoms with Gasteiger partial charge in [-0.05, 0) is 38.2 Å². The van der Waals surface area contributed by atoms with Crippen LogP contribution in [0, 0.1) is 12.8 Å². The standard InChI is InChI=1S/C13H18ClNO4S2/c1-9-12(21(14,17)18)7-11(20-9)13(16)15-5-2-6-19-8-10-3-4-10/h7,10H,2-6,8H2,1H3,(H,15,16). The van der Waals surface area contributed by atoms with Crippen LogP contribution >= 0.6 is 22.0 Å². The smallest absolute Gasteiger partial charge is 0.262 e. The van der Waals surface area contributed by atoms with Crippen LogP contribution in [0.2, 0.25) is 0 Å². The van der Waals surface area contributed by atoms with E-state index in [-0.39, 0.29) is 10.8 Å². The van der Waals surface area contributed by atoms with Crippen LogP contribution in [0.15, 0.2) is 11.0 Å². The number of rotatable bonds is 8. The second kappa shape index (κ2) is 7.09. The SMILES string of the molecule is Cc1sc(C(=O)NCCCOCC2CC2)cc1S(=O)(=O)Cl. The first-order chi connectivity index (χ1) is 9.88. The molecular weight excluding hydrogens is 334 g/mol. The van der Waals surface area contributed by atoms with E-state index in [0.29, 0.717) is 22.9 Å². The van der Waals surface area contributed by atoms with Crippen LogP contribution in [-0.4, -0.2) is 34.1 Å². The highest BCUT2D eigenvalue weighted by atomic mass is 35.7. The van der Waals surface area contributed by atoms with Crippen molar-refractivity contribution in [2.75, 3.05) is 19.8 Å². The molecule has 8 heteroatoms. The number of hydrogen-bond donors (Lipinski definition) is 1. The molecule has 0 atom stereocenters. The molecule has 2 rings (SSSR count). The van der Waals surface area contributed by atoms with Crippen molar-refractivity contribution in [2.45, 2.75) is 31.1 Å². The van der Waals surface area contributed by atoms with Gasteiger partial charge >= 0.3 is 0 Å². The van der Waals surface area contributed by atoms with Gasteiger partial charge in [0.05, 0.1) is 9.77 Å². The number of nitrogens with one attached hydrogen (secondary N) is 1. The van der Waals surface area contributed by atoms with Gasteiger partial charge in [0, 0.05) is 35.3 Å². The largest absolute Gasteiger partial charge is 0.381 e. The highest BCUT2D eigenvalue weighted by molar-refractivity contribution is 8.13. The van der Waals surface area contributed by atoms with Gasteiger partial charge in [0.25, 0.3) is 15.0 Å². The van der Waals surface area contributed by atoms with E-state index in [1.165, 1.54) is 18.9 Å². The molecule has 5 nitrogen and oxygen atoms in total. The van der Waals surface area contributed by atoms with Crippen molar-refractivity contribution >= 4 is 37.0 Å². The molecule has 1 aromatic heterocycles. The fourth-order valence-corrected chi connectivity index (χ4v) is 4.40. The molecule has 0 aromatic carbocycles. The molecule has 21 heavy (non-hydrogen) atoms. The fraction of sp³-hybridized carbons (Fsp3) is 0.615. The summed E-state index contributed by atoms with van der Waals surface area (Å²) in [5.74, 6) is 0.460. The monoisotopic (exact) mass is 351 g/mol. The molecule has 1 fully saturated rings. The van der Waals surface area contributed by atoms with Crippen molar-refractivity contribution in [3.63, 3.8) is 0 Å². The topological polar surface area (TPSA) is 72.5 Å². The Hall–Kier alpha value is -0.630. The molecule has 0 radical (unpaired) electrons. The molecule has 0 aliphatic heterocycles. The molecule has 1 N–H and O–H groups in total. The van der Waals surface area contributed by atoms with Gasteiger partial charge in [-0.15, -0.1) is 11.3 Å². The number of thiophene rings is 1. The number of carbonyl (C=O) groups is 1. The van der Waals surface area contributed by atoms with E-state index in [1.54, 1.807) is 6.92 Å². The highest BCUT2D eigenvalue weighted by Gasteiger charge is 2.21. The van der Waals surface area contributed by atoms with Crippen molar-refractivity contribution in [1.29, 1.82) is 0 Å². The van der Waals surface area contributed by atoms with Crippen molar-refractivity contribution in [3.05, 3.63) is 15.8 Å². The minimum atomic E-state index is -3.80. The van der Waals surface area contributed by atoms with Crippen LogP contribution in [0.4, 0.5) is 0 Å². The van der Waals surface area contributed by atoms with Gasteiger partial charge in [-0.1, -0.05) is 0 Å². The Kier molecular flexibility index (Phi) is 5.65. The molecule has 1 aromatic rings. The minimum Gasteiger partial charge on any atom is -0.381 e. The van der Waals surface area contributed by atoms with Crippen LogP contribution in [0.5, 0.6) is 0 Å². The maximum atomic E-state index is 11.9. The molecule has 0 bridgehead atoms. The Morgan fingerprint density at radius 1 is 1.52 bits per heavy atom. The van der Waals surface area contributed by atoms with Crippen LogP contribution in [-0.2, 0) is 13.8 Å². The lowest BCUT2D eigenvalue weighted by Gasteiger charge is -2.04. The van der Waals surface area contributed by atoms with Crippen LogP contribution < -0.4 is 5.32 Å². The summed E-state index contributed by atoms with van der Waals surface area (Å²) in [6.07, 6.45) is 3.27.